The Bertz CT molecular complexity index is 1700. The smallest absolute Gasteiger partial charge is 0.306 e. The van der Waals surface area contributed by atoms with Crippen LogP contribution in [0.1, 0.15) is 155 Å². The molecule has 0 spiro atoms. The van der Waals surface area contributed by atoms with Gasteiger partial charge in [0.05, 0.1) is 19.8 Å². The van der Waals surface area contributed by atoms with Crippen molar-refractivity contribution in [2.24, 2.45) is 0 Å². The van der Waals surface area contributed by atoms with E-state index in [1.54, 1.807) is 0 Å². The highest BCUT2D eigenvalue weighted by Crippen LogP contribution is 2.26. The van der Waals surface area contributed by atoms with Crippen molar-refractivity contribution in [3.05, 3.63) is 109 Å². The van der Waals surface area contributed by atoms with Gasteiger partial charge in [-0.1, -0.05) is 162 Å². The van der Waals surface area contributed by atoms with Crippen LogP contribution in [0.5, 0.6) is 0 Å². The van der Waals surface area contributed by atoms with Crippen molar-refractivity contribution >= 4 is 11.9 Å². The fourth-order valence-corrected chi connectivity index (χ4v) is 7.77. The predicted octanol–water partition coefficient (Wildman–Crippen LogP) is 8.71. The second-order valence-corrected chi connectivity index (χ2v) is 18.7. The van der Waals surface area contributed by atoms with Crippen LogP contribution in [0.2, 0.25) is 0 Å². The van der Waals surface area contributed by atoms with Gasteiger partial charge in [0.2, 0.25) is 0 Å². The number of carbonyl (C=O) groups is 2. The zero-order chi connectivity index (χ0) is 53.9. The number of ether oxygens (including phenoxy) is 6. The molecule has 2 aliphatic heterocycles. The maximum atomic E-state index is 13.0. The number of esters is 2. The Labute approximate surface area is 442 Å². The number of hydrogen-bond donors (Lipinski definition) is 7. The van der Waals surface area contributed by atoms with Crippen LogP contribution in [0.3, 0.4) is 0 Å². The van der Waals surface area contributed by atoms with Crippen LogP contribution in [-0.2, 0) is 38.0 Å². The average molecular weight is 1040 g/mol. The molecule has 2 heterocycles. The predicted molar refractivity (Wildman–Crippen MR) is 288 cm³/mol. The maximum absolute atomic E-state index is 13.0. The van der Waals surface area contributed by atoms with Crippen molar-refractivity contribution in [1.82, 2.24) is 0 Å². The summed E-state index contributed by atoms with van der Waals surface area (Å²) in [6.45, 7) is 2.34. The molecule has 0 amide bonds. The van der Waals surface area contributed by atoms with Crippen LogP contribution < -0.4 is 0 Å². The highest BCUT2D eigenvalue weighted by molar-refractivity contribution is 5.70. The Balaban J connectivity index is 1.84. The lowest BCUT2D eigenvalue weighted by Gasteiger charge is -2.42. The molecule has 0 radical (unpaired) electrons. The van der Waals surface area contributed by atoms with Crippen LogP contribution >= 0.6 is 0 Å². The molecule has 7 N–H and O–H groups in total. The molecule has 15 heteroatoms. The van der Waals surface area contributed by atoms with Crippen LogP contribution in [0.25, 0.3) is 0 Å². The SMILES string of the molecule is CC/C=C/C/C=C/C/C=C/C/C=C/C/C=C/CCCC(=O)OC[C@H](CO[C@H]1O[C@@H](CO[C@H]2O[C@@H](CO)[C@@H](O)C(O)C2O)[C@@H](O)C(O)C1O)OC(=O)CCC/C=C/C/C=C/C/C=C/C/C=C/CCCCCCCCC. The number of unbranched alkanes of at least 4 members (excludes halogenated alkanes) is 9. The van der Waals surface area contributed by atoms with E-state index in [0.717, 1.165) is 57.8 Å². The third-order valence-electron chi connectivity index (χ3n) is 12.2. The number of allylic oxidation sites excluding steroid dienone is 18. The van der Waals surface area contributed by atoms with E-state index < -0.39 is 99.3 Å². The van der Waals surface area contributed by atoms with Gasteiger partial charge in [-0.3, -0.25) is 9.59 Å². The van der Waals surface area contributed by atoms with Gasteiger partial charge in [0.25, 0.3) is 0 Å². The van der Waals surface area contributed by atoms with E-state index in [9.17, 15) is 45.3 Å². The Kier molecular flexibility index (Phi) is 39.7. The van der Waals surface area contributed by atoms with Gasteiger partial charge in [0.15, 0.2) is 18.7 Å². The average Bonchev–Trinajstić information content (AvgIpc) is 3.39. The minimum absolute atomic E-state index is 0.0704. The molecular formula is C59H94O15. The lowest BCUT2D eigenvalue weighted by Crippen LogP contribution is -2.61. The molecule has 11 atom stereocenters. The van der Waals surface area contributed by atoms with E-state index in [-0.39, 0.29) is 19.4 Å². The number of rotatable bonds is 41. The van der Waals surface area contributed by atoms with Gasteiger partial charge in [-0.05, 0) is 89.9 Å². The second-order valence-electron chi connectivity index (χ2n) is 18.7. The molecular weight excluding hydrogens is 949 g/mol. The molecule has 74 heavy (non-hydrogen) atoms. The van der Waals surface area contributed by atoms with Gasteiger partial charge in [0, 0.05) is 12.8 Å². The largest absolute Gasteiger partial charge is 0.462 e. The Morgan fingerprint density at radius 2 is 0.851 bits per heavy atom. The van der Waals surface area contributed by atoms with Crippen LogP contribution in [-0.4, -0.2) is 142 Å². The molecule has 2 fully saturated rings. The van der Waals surface area contributed by atoms with Gasteiger partial charge >= 0.3 is 11.9 Å². The van der Waals surface area contributed by atoms with Crippen LogP contribution in [0.15, 0.2) is 109 Å². The summed E-state index contributed by atoms with van der Waals surface area (Å²) >= 11 is 0. The molecule has 2 aliphatic rings. The Morgan fingerprint density at radius 3 is 1.34 bits per heavy atom. The van der Waals surface area contributed by atoms with Crippen molar-refractivity contribution in [1.29, 1.82) is 0 Å². The minimum atomic E-state index is -1.79. The highest BCUT2D eigenvalue weighted by atomic mass is 16.7. The van der Waals surface area contributed by atoms with E-state index in [1.807, 2.05) is 24.3 Å². The molecule has 0 aromatic carbocycles. The van der Waals surface area contributed by atoms with E-state index in [1.165, 1.54) is 44.9 Å². The van der Waals surface area contributed by atoms with E-state index in [2.05, 4.69) is 98.9 Å². The third kappa shape index (κ3) is 31.3. The van der Waals surface area contributed by atoms with Gasteiger partial charge in [0.1, 0.15) is 55.4 Å². The van der Waals surface area contributed by atoms with Gasteiger partial charge < -0.3 is 64.2 Å². The third-order valence-corrected chi connectivity index (χ3v) is 12.2. The quantitative estimate of drug-likeness (QED) is 0.0173. The lowest BCUT2D eigenvalue weighted by atomic mass is 9.98. The number of aliphatic hydroxyl groups is 7. The summed E-state index contributed by atoms with van der Waals surface area (Å²) in [4.78, 5) is 25.8. The summed E-state index contributed by atoms with van der Waals surface area (Å²) in [5.41, 5.74) is 0. The Hall–Kier alpha value is -3.84. The van der Waals surface area contributed by atoms with Crippen molar-refractivity contribution < 1.29 is 73.8 Å². The first kappa shape index (κ1) is 66.3. The molecule has 0 aliphatic carbocycles. The molecule has 15 nitrogen and oxygen atoms in total. The molecule has 420 valence electrons. The maximum Gasteiger partial charge on any atom is 0.306 e. The van der Waals surface area contributed by atoms with Crippen molar-refractivity contribution in [3.63, 3.8) is 0 Å². The summed E-state index contributed by atoms with van der Waals surface area (Å²) in [6, 6.07) is 0. The summed E-state index contributed by atoms with van der Waals surface area (Å²) in [7, 11) is 0. The molecule has 2 rings (SSSR count). The van der Waals surface area contributed by atoms with Crippen molar-refractivity contribution in [2.45, 2.75) is 223 Å². The normalized spacial score (nSPS) is 25.5. The molecule has 2 saturated heterocycles. The van der Waals surface area contributed by atoms with Crippen LogP contribution in [0.4, 0.5) is 0 Å². The first-order chi connectivity index (χ1) is 36.0. The number of aliphatic hydroxyl groups excluding tert-OH is 7. The molecule has 0 aromatic rings. The zero-order valence-electron chi connectivity index (χ0n) is 44.5. The number of hydrogen-bond acceptors (Lipinski definition) is 15. The summed E-state index contributed by atoms with van der Waals surface area (Å²) in [5.74, 6) is -1.07. The van der Waals surface area contributed by atoms with Gasteiger partial charge in [-0.15, -0.1) is 0 Å². The zero-order valence-corrected chi connectivity index (χ0v) is 44.5. The number of carbonyl (C=O) groups excluding carboxylic acids is 2. The minimum Gasteiger partial charge on any atom is -0.462 e. The van der Waals surface area contributed by atoms with Crippen molar-refractivity contribution in [2.75, 3.05) is 26.4 Å². The fraction of sp³-hybridized carbons (Fsp3) is 0.661. The molecule has 0 bridgehead atoms. The summed E-state index contributed by atoms with van der Waals surface area (Å²) in [5, 5.41) is 72.2. The molecule has 4 unspecified atom stereocenters. The van der Waals surface area contributed by atoms with Crippen LogP contribution in [0, 0.1) is 0 Å². The lowest BCUT2D eigenvalue weighted by molar-refractivity contribution is -0.332. The monoisotopic (exact) mass is 1040 g/mol. The van der Waals surface area contributed by atoms with Gasteiger partial charge in [-0.25, -0.2) is 0 Å². The standard InChI is InChI=1S/C59H94O15/c1-3-5-7-9-11-13-15-17-19-21-22-23-24-26-28-30-32-34-36-38-40-42-51(62)72-47(44-69-50(61)41-39-37-35-33-31-29-27-25-20-18-16-14-12-10-8-6-4-2)45-70-58-57(68)55(66)53(64)49(74-58)46-71-59-56(67)54(65)52(63)48(43-60)73-59/h6,8,12,14,18-21,23-24,27-30,33-36,47-49,52-60,63-68H,3-5,7,9-11,13,15-17,22,25-26,31-32,37-46H2,1-2H3/b8-6+,14-12+,20-18+,21-19+,24-23+,29-27+,30-28+,35-33+,36-34+/t47-,48+,49+,52-,53-,54?,55?,56?,57?,58+,59+/m1/s1. The molecule has 0 saturated carbocycles. The highest BCUT2D eigenvalue weighted by Gasteiger charge is 2.47. The fourth-order valence-electron chi connectivity index (χ4n) is 7.77. The summed E-state index contributed by atoms with van der Waals surface area (Å²) in [6.07, 6.45) is 41.3. The van der Waals surface area contributed by atoms with E-state index >= 15 is 0 Å². The summed E-state index contributed by atoms with van der Waals surface area (Å²) < 4.78 is 33.5. The van der Waals surface area contributed by atoms with E-state index in [0.29, 0.717) is 25.7 Å². The topological polar surface area (TPSA) is 231 Å². The second kappa shape index (κ2) is 44.3. The van der Waals surface area contributed by atoms with E-state index in [4.69, 9.17) is 28.4 Å². The first-order valence-electron chi connectivity index (χ1n) is 27.5. The van der Waals surface area contributed by atoms with Gasteiger partial charge in [-0.2, -0.15) is 0 Å². The Morgan fingerprint density at radius 1 is 0.446 bits per heavy atom. The van der Waals surface area contributed by atoms with Crippen molar-refractivity contribution in [3.8, 4) is 0 Å². The molecule has 0 aromatic heterocycles. The first-order valence-corrected chi connectivity index (χ1v) is 27.5.